The second-order valence-electron chi connectivity index (χ2n) is 3.19. The Morgan fingerprint density at radius 2 is 2.00 bits per heavy atom. The van der Waals surface area contributed by atoms with Crippen molar-refractivity contribution in [2.75, 3.05) is 0 Å². The van der Waals surface area contributed by atoms with E-state index in [9.17, 15) is 0 Å². The number of alkyl halides is 1. The number of rotatable bonds is 0. The van der Waals surface area contributed by atoms with Crippen LogP contribution >= 0.6 is 22.6 Å². The highest BCUT2D eigenvalue weighted by Crippen LogP contribution is 2.47. The Kier molecular flexibility index (Phi) is 1.28. The molecule has 0 aromatic carbocycles. The van der Waals surface area contributed by atoms with Crippen LogP contribution in [0.4, 0.5) is 0 Å². The molecular weight excluding hydrogens is 211 g/mol. The molecule has 3 atom stereocenters. The van der Waals surface area contributed by atoms with Gasteiger partial charge in [0.25, 0.3) is 0 Å². The van der Waals surface area contributed by atoms with E-state index in [0.717, 1.165) is 15.8 Å². The average molecular weight is 222 g/mol. The van der Waals surface area contributed by atoms with Crippen molar-refractivity contribution < 1.29 is 0 Å². The van der Waals surface area contributed by atoms with Crippen molar-refractivity contribution in [1.82, 2.24) is 0 Å². The Labute approximate surface area is 64.2 Å². The fraction of sp³-hybridized carbons (Fsp3) is 1.00. The summed E-state index contributed by atoms with van der Waals surface area (Å²) in [5.74, 6) is 2.27. The number of hydrogen-bond acceptors (Lipinski definition) is 0. The SMILES string of the molecule is I[C@@H]1C[C@@H]2CC[C@H]1C2. The molecule has 2 aliphatic rings. The van der Waals surface area contributed by atoms with Crippen LogP contribution in [-0.2, 0) is 0 Å². The number of hydrogen-bond donors (Lipinski definition) is 0. The van der Waals surface area contributed by atoms with Gasteiger partial charge in [-0.05, 0) is 31.1 Å². The fourth-order valence-corrected chi connectivity index (χ4v) is 3.54. The van der Waals surface area contributed by atoms with Gasteiger partial charge in [-0.3, -0.25) is 0 Å². The van der Waals surface area contributed by atoms with Gasteiger partial charge in [0.05, 0.1) is 0 Å². The predicted molar refractivity (Wildman–Crippen MR) is 43.3 cm³/mol. The third kappa shape index (κ3) is 0.703. The molecule has 0 radical (unpaired) electrons. The topological polar surface area (TPSA) is 0 Å². The van der Waals surface area contributed by atoms with Gasteiger partial charge >= 0.3 is 0 Å². The summed E-state index contributed by atoms with van der Waals surface area (Å²) in [5.41, 5.74) is 0. The third-order valence-corrected chi connectivity index (χ3v) is 4.18. The highest BCUT2D eigenvalue weighted by atomic mass is 127. The van der Waals surface area contributed by atoms with Crippen LogP contribution in [0.5, 0.6) is 0 Å². The van der Waals surface area contributed by atoms with Gasteiger partial charge in [0.1, 0.15) is 0 Å². The molecule has 0 aromatic heterocycles. The van der Waals surface area contributed by atoms with Gasteiger partial charge in [-0.15, -0.1) is 0 Å². The fourth-order valence-electron chi connectivity index (χ4n) is 2.17. The van der Waals surface area contributed by atoms with Crippen LogP contribution in [0.2, 0.25) is 0 Å². The Balaban J connectivity index is 2.11. The van der Waals surface area contributed by atoms with Crippen molar-refractivity contribution in [3.63, 3.8) is 0 Å². The molecule has 0 N–H and O–H groups in total. The molecule has 0 saturated heterocycles. The number of fused-ring (bicyclic) bond motifs is 2. The van der Waals surface area contributed by atoms with E-state index in [0.29, 0.717) is 0 Å². The minimum atomic E-state index is 1.05. The number of halogens is 1. The maximum atomic E-state index is 2.62. The second-order valence-corrected chi connectivity index (χ2v) is 4.79. The summed E-state index contributed by atoms with van der Waals surface area (Å²) in [6.45, 7) is 0. The van der Waals surface area contributed by atoms with E-state index in [1.54, 1.807) is 12.8 Å². The van der Waals surface area contributed by atoms with E-state index in [-0.39, 0.29) is 0 Å². The van der Waals surface area contributed by atoms with Crippen LogP contribution in [0.1, 0.15) is 25.7 Å². The first-order valence-electron chi connectivity index (χ1n) is 3.50. The van der Waals surface area contributed by atoms with E-state index in [2.05, 4.69) is 22.6 Å². The molecule has 2 saturated carbocycles. The van der Waals surface area contributed by atoms with Crippen molar-refractivity contribution in [3.05, 3.63) is 0 Å². The molecule has 0 aromatic rings. The molecule has 2 rings (SSSR count). The molecule has 0 nitrogen and oxygen atoms in total. The van der Waals surface area contributed by atoms with E-state index in [4.69, 9.17) is 0 Å². The van der Waals surface area contributed by atoms with E-state index < -0.39 is 0 Å². The third-order valence-electron chi connectivity index (χ3n) is 2.65. The molecule has 8 heavy (non-hydrogen) atoms. The van der Waals surface area contributed by atoms with Crippen LogP contribution in [0.25, 0.3) is 0 Å². The minimum absolute atomic E-state index is 1.05. The zero-order valence-corrected chi connectivity index (χ0v) is 7.10. The molecule has 2 fully saturated rings. The van der Waals surface area contributed by atoms with Crippen molar-refractivity contribution in [3.8, 4) is 0 Å². The molecule has 2 aliphatic carbocycles. The Bertz CT molecular complexity index is 98.6. The molecule has 46 valence electrons. The summed E-state index contributed by atoms with van der Waals surface area (Å²) in [6.07, 6.45) is 6.18. The highest BCUT2D eigenvalue weighted by molar-refractivity contribution is 14.1. The molecule has 0 amide bonds. The van der Waals surface area contributed by atoms with E-state index in [1.807, 2.05) is 0 Å². The molecule has 0 heterocycles. The summed E-state index contributed by atoms with van der Waals surface area (Å²) in [7, 11) is 0. The van der Waals surface area contributed by atoms with Crippen molar-refractivity contribution in [2.45, 2.75) is 29.6 Å². The molecule has 0 spiro atoms. The van der Waals surface area contributed by atoms with Crippen molar-refractivity contribution in [2.24, 2.45) is 11.8 Å². The first-order chi connectivity index (χ1) is 3.86. The van der Waals surface area contributed by atoms with Crippen molar-refractivity contribution in [1.29, 1.82) is 0 Å². The zero-order valence-electron chi connectivity index (χ0n) is 4.94. The Hall–Kier alpha value is 0.730. The van der Waals surface area contributed by atoms with Gasteiger partial charge < -0.3 is 0 Å². The van der Waals surface area contributed by atoms with E-state index in [1.165, 1.54) is 12.8 Å². The van der Waals surface area contributed by atoms with Gasteiger partial charge in [-0.1, -0.05) is 29.0 Å². The normalized spacial score (nSPS) is 52.9. The quantitative estimate of drug-likeness (QED) is 0.436. The maximum absolute atomic E-state index is 2.62. The summed E-state index contributed by atoms with van der Waals surface area (Å²) in [5, 5.41) is 0. The van der Waals surface area contributed by atoms with Crippen LogP contribution in [-0.4, -0.2) is 3.92 Å². The van der Waals surface area contributed by atoms with Crippen LogP contribution in [0.3, 0.4) is 0 Å². The predicted octanol–water partition coefficient (Wildman–Crippen LogP) is 2.61. The lowest BCUT2D eigenvalue weighted by atomic mass is 10.0. The Morgan fingerprint density at radius 3 is 2.25 bits per heavy atom. The zero-order chi connectivity index (χ0) is 5.56. The molecule has 0 unspecified atom stereocenters. The van der Waals surface area contributed by atoms with Gasteiger partial charge in [-0.2, -0.15) is 0 Å². The van der Waals surface area contributed by atoms with Crippen LogP contribution in [0, 0.1) is 11.8 Å². The lowest BCUT2D eigenvalue weighted by Gasteiger charge is -2.13. The highest BCUT2D eigenvalue weighted by Gasteiger charge is 2.37. The monoisotopic (exact) mass is 222 g/mol. The molecular formula is C7H11I. The van der Waals surface area contributed by atoms with E-state index >= 15 is 0 Å². The lowest BCUT2D eigenvalue weighted by Crippen LogP contribution is -2.07. The van der Waals surface area contributed by atoms with Gasteiger partial charge in [0.15, 0.2) is 0 Å². The smallest absolute Gasteiger partial charge is 0.0141 e. The maximum Gasteiger partial charge on any atom is 0.0141 e. The summed E-state index contributed by atoms with van der Waals surface area (Å²) in [6, 6.07) is 0. The summed E-state index contributed by atoms with van der Waals surface area (Å²) < 4.78 is 1.05. The van der Waals surface area contributed by atoms with Gasteiger partial charge in [0.2, 0.25) is 0 Å². The molecule has 2 bridgehead atoms. The summed E-state index contributed by atoms with van der Waals surface area (Å²) >= 11 is 2.62. The Morgan fingerprint density at radius 1 is 1.12 bits per heavy atom. The standard InChI is InChI=1S/C7H11I/c8-7-4-5-1-2-6(7)3-5/h5-7H,1-4H2/t5-,6+,7-/m1/s1. The van der Waals surface area contributed by atoms with Crippen LogP contribution < -0.4 is 0 Å². The first kappa shape index (κ1) is 5.51. The molecule has 0 aliphatic heterocycles. The van der Waals surface area contributed by atoms with Gasteiger partial charge in [0, 0.05) is 3.92 Å². The minimum Gasteiger partial charge on any atom is -0.0823 e. The first-order valence-corrected chi connectivity index (χ1v) is 4.75. The molecule has 1 heteroatoms. The van der Waals surface area contributed by atoms with Crippen LogP contribution in [0.15, 0.2) is 0 Å². The van der Waals surface area contributed by atoms with Crippen molar-refractivity contribution >= 4 is 22.6 Å². The largest absolute Gasteiger partial charge is 0.0823 e. The lowest BCUT2D eigenvalue weighted by molar-refractivity contribution is 0.503. The average Bonchev–Trinajstić information content (AvgIpc) is 2.23. The summed E-state index contributed by atoms with van der Waals surface area (Å²) in [4.78, 5) is 0. The van der Waals surface area contributed by atoms with Gasteiger partial charge in [-0.25, -0.2) is 0 Å². The second kappa shape index (κ2) is 1.86.